The summed E-state index contributed by atoms with van der Waals surface area (Å²) in [7, 11) is 2.17. The van der Waals surface area contributed by atoms with E-state index in [1.165, 1.54) is 19.4 Å². The molecule has 0 spiro atoms. The highest BCUT2D eigenvalue weighted by Gasteiger charge is 2.18. The number of hydrogen-bond acceptors (Lipinski definition) is 4. The third-order valence-electron chi connectivity index (χ3n) is 3.35. The number of furan rings is 1. The number of hydrogen-bond donors (Lipinski definition) is 1. The summed E-state index contributed by atoms with van der Waals surface area (Å²) in [6, 6.07) is 4.35. The summed E-state index contributed by atoms with van der Waals surface area (Å²) in [5, 5.41) is 4.60. The molecule has 90 valence electrons. The van der Waals surface area contributed by atoms with Crippen molar-refractivity contribution < 1.29 is 4.42 Å². The molecule has 0 bridgehead atoms. The summed E-state index contributed by atoms with van der Waals surface area (Å²) in [6.45, 7) is 2.28. The largest absolute Gasteiger partial charge is 0.464 e. The fourth-order valence-corrected chi connectivity index (χ4v) is 2.49. The molecule has 1 fully saturated rings. The molecule has 0 saturated carbocycles. The van der Waals surface area contributed by atoms with Crippen LogP contribution in [-0.4, -0.2) is 36.1 Å². The Morgan fingerprint density at radius 2 is 2.41 bits per heavy atom. The van der Waals surface area contributed by atoms with Crippen LogP contribution in [0.25, 0.3) is 11.0 Å². The molecule has 1 aliphatic rings. The van der Waals surface area contributed by atoms with Crippen LogP contribution in [0, 0.1) is 0 Å². The topological polar surface area (TPSA) is 41.3 Å². The number of pyridine rings is 1. The molecule has 0 aliphatic carbocycles. The summed E-state index contributed by atoms with van der Waals surface area (Å²) < 4.78 is 5.38. The zero-order valence-corrected chi connectivity index (χ0v) is 10.0. The lowest BCUT2D eigenvalue weighted by Gasteiger charge is -2.30. The summed E-state index contributed by atoms with van der Waals surface area (Å²) in [4.78, 5) is 6.77. The van der Waals surface area contributed by atoms with Crippen molar-refractivity contribution >= 4 is 16.8 Å². The minimum atomic E-state index is 0.488. The second-order valence-electron chi connectivity index (χ2n) is 4.74. The van der Waals surface area contributed by atoms with E-state index < -0.39 is 0 Å². The maximum Gasteiger partial charge on any atom is 0.139 e. The van der Waals surface area contributed by atoms with Crippen LogP contribution in [0.15, 0.2) is 29.0 Å². The van der Waals surface area contributed by atoms with E-state index >= 15 is 0 Å². The van der Waals surface area contributed by atoms with Crippen molar-refractivity contribution in [3.05, 3.63) is 24.6 Å². The Kier molecular flexibility index (Phi) is 2.73. The van der Waals surface area contributed by atoms with Crippen molar-refractivity contribution in [3.8, 4) is 0 Å². The van der Waals surface area contributed by atoms with E-state index in [1.807, 2.05) is 12.1 Å². The second kappa shape index (κ2) is 4.37. The Labute approximate surface area is 101 Å². The van der Waals surface area contributed by atoms with Gasteiger partial charge in [-0.1, -0.05) is 0 Å². The average Bonchev–Trinajstić information content (AvgIpc) is 2.78. The van der Waals surface area contributed by atoms with Crippen LogP contribution in [0.2, 0.25) is 0 Å². The van der Waals surface area contributed by atoms with Gasteiger partial charge >= 0.3 is 0 Å². The van der Waals surface area contributed by atoms with Crippen LogP contribution in [0.4, 0.5) is 5.82 Å². The molecule has 4 nitrogen and oxygen atoms in total. The molecule has 2 aromatic rings. The second-order valence-corrected chi connectivity index (χ2v) is 4.74. The number of nitrogens with one attached hydrogen (secondary N) is 1. The van der Waals surface area contributed by atoms with Gasteiger partial charge in [-0.15, -0.1) is 0 Å². The van der Waals surface area contributed by atoms with Gasteiger partial charge in [0.25, 0.3) is 0 Å². The fraction of sp³-hybridized carbons (Fsp3) is 0.462. The number of piperidine rings is 1. The highest BCUT2D eigenvalue weighted by molar-refractivity contribution is 5.87. The first-order valence-electron chi connectivity index (χ1n) is 6.10. The molecule has 1 unspecified atom stereocenters. The number of likely N-dealkylation sites (N-methyl/N-ethyl adjacent to an activating group) is 1. The molecule has 2 aromatic heterocycles. The maximum atomic E-state index is 5.38. The van der Waals surface area contributed by atoms with Crippen molar-refractivity contribution in [2.75, 3.05) is 25.5 Å². The van der Waals surface area contributed by atoms with Crippen LogP contribution in [0.3, 0.4) is 0 Å². The smallest absolute Gasteiger partial charge is 0.139 e. The molecule has 1 aliphatic heterocycles. The van der Waals surface area contributed by atoms with E-state index in [2.05, 4.69) is 22.2 Å². The maximum absolute atomic E-state index is 5.38. The highest BCUT2D eigenvalue weighted by atomic mass is 16.3. The Morgan fingerprint density at radius 3 is 3.29 bits per heavy atom. The first-order chi connectivity index (χ1) is 8.33. The summed E-state index contributed by atoms with van der Waals surface area (Å²) in [6.07, 6.45) is 5.96. The predicted octanol–water partition coefficient (Wildman–Crippen LogP) is 2.33. The van der Waals surface area contributed by atoms with E-state index in [1.54, 1.807) is 12.5 Å². The molecule has 17 heavy (non-hydrogen) atoms. The van der Waals surface area contributed by atoms with Gasteiger partial charge in [0.05, 0.1) is 11.6 Å². The lowest BCUT2D eigenvalue weighted by atomic mass is 10.1. The van der Waals surface area contributed by atoms with Gasteiger partial charge in [-0.2, -0.15) is 0 Å². The molecule has 1 saturated heterocycles. The van der Waals surface area contributed by atoms with Crippen LogP contribution < -0.4 is 5.32 Å². The molecule has 1 atom stereocenters. The van der Waals surface area contributed by atoms with E-state index in [9.17, 15) is 0 Å². The molecule has 0 aromatic carbocycles. The minimum absolute atomic E-state index is 0.488. The zero-order valence-electron chi connectivity index (χ0n) is 10.0. The molecule has 4 heteroatoms. The van der Waals surface area contributed by atoms with Gasteiger partial charge < -0.3 is 14.6 Å². The number of rotatable bonds is 2. The number of aromatic nitrogens is 1. The van der Waals surface area contributed by atoms with E-state index in [0.717, 1.165) is 23.3 Å². The van der Waals surface area contributed by atoms with Crippen molar-refractivity contribution in [2.24, 2.45) is 0 Å². The fourth-order valence-electron chi connectivity index (χ4n) is 2.49. The Balaban J connectivity index is 1.82. The Hall–Kier alpha value is -1.55. The minimum Gasteiger partial charge on any atom is -0.464 e. The monoisotopic (exact) mass is 231 g/mol. The van der Waals surface area contributed by atoms with Gasteiger partial charge in [-0.05, 0) is 38.6 Å². The molecule has 0 amide bonds. The third kappa shape index (κ3) is 2.13. The highest BCUT2D eigenvalue weighted by Crippen LogP contribution is 2.23. The van der Waals surface area contributed by atoms with Crippen molar-refractivity contribution in [2.45, 2.75) is 18.9 Å². The third-order valence-corrected chi connectivity index (χ3v) is 3.35. The van der Waals surface area contributed by atoms with E-state index in [4.69, 9.17) is 4.42 Å². The van der Waals surface area contributed by atoms with Crippen molar-refractivity contribution in [1.29, 1.82) is 0 Å². The van der Waals surface area contributed by atoms with Gasteiger partial charge in [0.15, 0.2) is 0 Å². The lowest BCUT2D eigenvalue weighted by Crippen LogP contribution is -2.39. The Morgan fingerprint density at radius 1 is 1.47 bits per heavy atom. The van der Waals surface area contributed by atoms with Gasteiger partial charge in [0, 0.05) is 18.8 Å². The Bertz CT molecular complexity index is 508. The number of nitrogens with zero attached hydrogens (tertiary/aromatic N) is 2. The summed E-state index contributed by atoms with van der Waals surface area (Å²) in [5.41, 5.74) is 0.895. The SMILES string of the molecule is CN1CCCC(Nc2nccc3occc23)C1. The molecular weight excluding hydrogens is 214 g/mol. The number of fused-ring (bicyclic) bond motifs is 1. The summed E-state index contributed by atoms with van der Waals surface area (Å²) in [5.74, 6) is 0.941. The lowest BCUT2D eigenvalue weighted by molar-refractivity contribution is 0.261. The van der Waals surface area contributed by atoms with Gasteiger partial charge in [0.2, 0.25) is 0 Å². The van der Waals surface area contributed by atoms with Gasteiger partial charge in [0.1, 0.15) is 11.4 Å². The summed E-state index contributed by atoms with van der Waals surface area (Å²) >= 11 is 0. The van der Waals surface area contributed by atoms with Crippen LogP contribution >= 0.6 is 0 Å². The molecule has 3 rings (SSSR count). The van der Waals surface area contributed by atoms with E-state index in [-0.39, 0.29) is 0 Å². The van der Waals surface area contributed by atoms with Crippen LogP contribution in [0.1, 0.15) is 12.8 Å². The normalized spacial score (nSPS) is 21.8. The van der Waals surface area contributed by atoms with Gasteiger partial charge in [-0.3, -0.25) is 0 Å². The standard InChI is InChI=1S/C13H17N3O/c1-16-7-2-3-10(9-16)15-13-11-5-8-17-12(11)4-6-14-13/h4-6,8,10H,2-3,7,9H2,1H3,(H,14,15). The number of anilines is 1. The van der Waals surface area contributed by atoms with Crippen LogP contribution in [-0.2, 0) is 0 Å². The molecule has 0 radical (unpaired) electrons. The molecular formula is C13H17N3O. The average molecular weight is 231 g/mol. The first kappa shape index (κ1) is 10.6. The van der Waals surface area contributed by atoms with Crippen molar-refractivity contribution in [3.63, 3.8) is 0 Å². The van der Waals surface area contributed by atoms with Gasteiger partial charge in [-0.25, -0.2) is 4.98 Å². The van der Waals surface area contributed by atoms with Crippen LogP contribution in [0.5, 0.6) is 0 Å². The first-order valence-corrected chi connectivity index (χ1v) is 6.10. The van der Waals surface area contributed by atoms with Crippen molar-refractivity contribution in [1.82, 2.24) is 9.88 Å². The molecule has 3 heterocycles. The number of likely N-dealkylation sites (tertiary alicyclic amines) is 1. The predicted molar refractivity (Wildman–Crippen MR) is 68.2 cm³/mol. The quantitative estimate of drug-likeness (QED) is 0.861. The van der Waals surface area contributed by atoms with E-state index in [0.29, 0.717) is 6.04 Å². The molecule has 1 N–H and O–H groups in total. The zero-order chi connectivity index (χ0) is 11.7.